The van der Waals surface area contributed by atoms with Crippen LogP contribution in [-0.2, 0) is 38.1 Å². The number of unbranched alkanes of at least 4 members (excludes halogenated alkanes) is 6. The lowest BCUT2D eigenvalue weighted by atomic mass is 9.07. The number of fused-ring (bicyclic) bond motifs is 4. The summed E-state index contributed by atoms with van der Waals surface area (Å²) in [6, 6.07) is 0. The molecule has 0 radical (unpaired) electrons. The van der Waals surface area contributed by atoms with Gasteiger partial charge in [0.2, 0.25) is 0 Å². The minimum Gasteiger partial charge on any atom is -0.469 e. The molecule has 2 unspecified atom stereocenters. The van der Waals surface area contributed by atoms with Crippen molar-refractivity contribution in [2.24, 2.45) is 33.5 Å². The molecule has 0 aromatic rings. The second-order valence-electron chi connectivity index (χ2n) is 10.9. The standard InChI is InChI=1S/C28H44O8/c1-7-9-11-13-15-19-17-25(21(29)33-3)27(19,23(31)35-5)26(22(30)34-4)18-20(16-14-12-10-8-2)28(25,26)24(32)36-6/h19-20H,7-18H2,1-6H3. The van der Waals surface area contributed by atoms with Crippen molar-refractivity contribution in [1.82, 2.24) is 0 Å². The molecule has 3 aliphatic rings. The van der Waals surface area contributed by atoms with Gasteiger partial charge in [0.25, 0.3) is 0 Å². The fourth-order valence-electron chi connectivity index (χ4n) is 8.89. The quantitative estimate of drug-likeness (QED) is 0.190. The van der Waals surface area contributed by atoms with Crippen LogP contribution in [0.3, 0.4) is 0 Å². The summed E-state index contributed by atoms with van der Waals surface area (Å²) >= 11 is 0. The summed E-state index contributed by atoms with van der Waals surface area (Å²) in [6.07, 6.45) is 9.85. The third-order valence-corrected chi connectivity index (χ3v) is 9.92. The molecule has 8 nitrogen and oxygen atoms in total. The highest BCUT2D eigenvalue weighted by Gasteiger charge is 3.08. The molecule has 0 aliphatic heterocycles. The van der Waals surface area contributed by atoms with Crippen LogP contribution in [0.1, 0.15) is 90.9 Å². The Hall–Kier alpha value is -2.12. The van der Waals surface area contributed by atoms with Gasteiger partial charge in [-0.1, -0.05) is 65.2 Å². The van der Waals surface area contributed by atoms with Crippen molar-refractivity contribution in [3.63, 3.8) is 0 Å². The van der Waals surface area contributed by atoms with Crippen LogP contribution in [0.4, 0.5) is 0 Å². The number of carbonyl (C=O) groups is 4. The van der Waals surface area contributed by atoms with Crippen molar-refractivity contribution in [2.75, 3.05) is 28.4 Å². The first kappa shape index (κ1) is 28.5. The lowest BCUT2D eigenvalue weighted by molar-refractivity contribution is -0.440. The smallest absolute Gasteiger partial charge is 0.314 e. The molecule has 0 aromatic heterocycles. The first-order chi connectivity index (χ1) is 17.3. The van der Waals surface area contributed by atoms with Crippen molar-refractivity contribution in [3.8, 4) is 0 Å². The number of ether oxygens (including phenoxy) is 4. The van der Waals surface area contributed by atoms with E-state index in [0.717, 1.165) is 51.4 Å². The molecule has 0 aromatic carbocycles. The van der Waals surface area contributed by atoms with E-state index < -0.39 is 45.5 Å². The summed E-state index contributed by atoms with van der Waals surface area (Å²) in [7, 11) is 5.09. The van der Waals surface area contributed by atoms with Gasteiger partial charge in [-0.2, -0.15) is 0 Å². The van der Waals surface area contributed by atoms with Crippen LogP contribution in [0.5, 0.6) is 0 Å². The van der Waals surface area contributed by atoms with Gasteiger partial charge < -0.3 is 18.9 Å². The van der Waals surface area contributed by atoms with Gasteiger partial charge in [0.1, 0.15) is 21.7 Å². The number of hydrogen-bond acceptors (Lipinski definition) is 8. The topological polar surface area (TPSA) is 105 Å². The fourth-order valence-corrected chi connectivity index (χ4v) is 8.89. The van der Waals surface area contributed by atoms with Crippen LogP contribution in [0, 0.1) is 33.5 Å². The van der Waals surface area contributed by atoms with E-state index in [9.17, 15) is 19.2 Å². The first-order valence-corrected chi connectivity index (χ1v) is 13.6. The lowest BCUT2D eigenvalue weighted by Gasteiger charge is -2.89. The van der Waals surface area contributed by atoms with Crippen LogP contribution >= 0.6 is 0 Å². The highest BCUT2D eigenvalue weighted by molar-refractivity contribution is 6.11. The van der Waals surface area contributed by atoms with Gasteiger partial charge in [0, 0.05) is 0 Å². The van der Waals surface area contributed by atoms with Crippen LogP contribution in [0.25, 0.3) is 0 Å². The summed E-state index contributed by atoms with van der Waals surface area (Å²) in [6.45, 7) is 4.25. The molecule has 36 heavy (non-hydrogen) atoms. The zero-order chi connectivity index (χ0) is 26.8. The van der Waals surface area contributed by atoms with Crippen LogP contribution in [0.2, 0.25) is 0 Å². The summed E-state index contributed by atoms with van der Waals surface area (Å²) in [5.41, 5.74) is -6.02. The van der Waals surface area contributed by atoms with Crippen molar-refractivity contribution in [1.29, 1.82) is 0 Å². The lowest BCUT2D eigenvalue weighted by Crippen LogP contribution is -3.00. The number of methoxy groups -OCH3 is 4. The van der Waals surface area contributed by atoms with Crippen LogP contribution < -0.4 is 0 Å². The molecule has 0 heterocycles. The summed E-state index contributed by atoms with van der Waals surface area (Å²) < 4.78 is 21.3. The Labute approximate surface area is 215 Å². The predicted molar refractivity (Wildman–Crippen MR) is 132 cm³/mol. The van der Waals surface area contributed by atoms with Crippen molar-refractivity contribution >= 4 is 23.9 Å². The Morgan fingerprint density at radius 3 is 1.17 bits per heavy atom. The number of carbonyl (C=O) groups excluding carboxylic acids is 4. The average molecular weight is 509 g/mol. The zero-order valence-corrected chi connectivity index (χ0v) is 22.9. The third-order valence-electron chi connectivity index (χ3n) is 9.92. The largest absolute Gasteiger partial charge is 0.469 e. The molecule has 2 atom stereocenters. The number of esters is 4. The van der Waals surface area contributed by atoms with Gasteiger partial charge in [-0.05, 0) is 37.5 Å². The van der Waals surface area contributed by atoms with E-state index in [2.05, 4.69) is 13.8 Å². The van der Waals surface area contributed by atoms with Crippen molar-refractivity contribution in [2.45, 2.75) is 90.9 Å². The SMILES string of the molecule is CCCCCCC1CC2(C(=O)OC)C1(C(=O)OC)C1(C(=O)OC)CC(CCCCCC)C21C(=O)OC. The Kier molecular flexibility index (Phi) is 8.46. The normalized spacial score (nSPS) is 35.6. The molecule has 0 bridgehead atoms. The Balaban J connectivity index is 2.19. The van der Waals surface area contributed by atoms with Crippen molar-refractivity contribution in [3.05, 3.63) is 0 Å². The van der Waals surface area contributed by atoms with E-state index in [-0.39, 0.29) is 11.8 Å². The molecule has 0 amide bonds. The summed E-state index contributed by atoms with van der Waals surface area (Å²) in [4.78, 5) is 55.0. The maximum atomic E-state index is 13.8. The summed E-state index contributed by atoms with van der Waals surface area (Å²) in [5, 5.41) is 0. The van der Waals surface area contributed by atoms with E-state index in [0.29, 0.717) is 25.7 Å². The van der Waals surface area contributed by atoms with Crippen LogP contribution in [-0.4, -0.2) is 52.3 Å². The van der Waals surface area contributed by atoms with E-state index >= 15 is 0 Å². The molecule has 0 saturated heterocycles. The van der Waals surface area contributed by atoms with Gasteiger partial charge in [-0.15, -0.1) is 0 Å². The Bertz CT molecular complexity index is 784. The zero-order valence-electron chi connectivity index (χ0n) is 22.9. The van der Waals surface area contributed by atoms with Crippen LogP contribution in [0.15, 0.2) is 0 Å². The van der Waals surface area contributed by atoms with Gasteiger partial charge in [-0.3, -0.25) is 19.2 Å². The van der Waals surface area contributed by atoms with E-state index in [1.165, 1.54) is 28.4 Å². The van der Waals surface area contributed by atoms with Gasteiger partial charge >= 0.3 is 23.9 Å². The first-order valence-electron chi connectivity index (χ1n) is 13.6. The minimum absolute atomic E-state index is 0.292. The molecule has 3 rings (SSSR count). The Morgan fingerprint density at radius 1 is 0.556 bits per heavy atom. The van der Waals surface area contributed by atoms with E-state index in [1.807, 2.05) is 0 Å². The molecular formula is C28H44O8. The third kappa shape index (κ3) is 3.05. The molecule has 204 valence electrons. The minimum atomic E-state index is -1.51. The maximum absolute atomic E-state index is 13.8. The highest BCUT2D eigenvalue weighted by Crippen LogP contribution is 2.98. The molecule has 0 N–H and O–H groups in total. The average Bonchev–Trinajstić information content (AvgIpc) is 2.88. The van der Waals surface area contributed by atoms with Gasteiger partial charge in [0.15, 0.2) is 0 Å². The molecule has 3 aliphatic carbocycles. The highest BCUT2D eigenvalue weighted by atomic mass is 16.5. The van der Waals surface area contributed by atoms with Crippen molar-refractivity contribution < 1.29 is 38.1 Å². The number of hydrogen-bond donors (Lipinski definition) is 0. The second-order valence-corrected chi connectivity index (χ2v) is 10.9. The maximum Gasteiger partial charge on any atom is 0.314 e. The molecular weight excluding hydrogens is 464 g/mol. The molecule has 3 fully saturated rings. The monoisotopic (exact) mass is 508 g/mol. The number of rotatable bonds is 14. The van der Waals surface area contributed by atoms with E-state index in [4.69, 9.17) is 18.9 Å². The summed E-state index contributed by atoms with van der Waals surface area (Å²) in [5.74, 6) is -3.12. The van der Waals surface area contributed by atoms with Gasteiger partial charge in [-0.25, -0.2) is 0 Å². The molecule has 8 heteroatoms. The fraction of sp³-hybridized carbons (Fsp3) is 0.857. The van der Waals surface area contributed by atoms with E-state index in [1.54, 1.807) is 0 Å². The Morgan fingerprint density at radius 2 is 0.889 bits per heavy atom. The second kappa shape index (κ2) is 10.7. The molecule has 3 saturated carbocycles. The predicted octanol–water partition coefficient (Wildman–Crippen LogP) is 4.62. The van der Waals surface area contributed by atoms with Gasteiger partial charge in [0.05, 0.1) is 28.4 Å². The molecule has 0 spiro atoms.